The minimum atomic E-state index is -0.436. The van der Waals surface area contributed by atoms with Gasteiger partial charge in [0.2, 0.25) is 0 Å². The normalized spacial score (nSPS) is 11.1. The number of ether oxygens (including phenoxy) is 1. The molecule has 2 aromatic carbocycles. The van der Waals surface area contributed by atoms with E-state index in [1.54, 1.807) is 30.3 Å². The Morgan fingerprint density at radius 3 is 2.40 bits per heavy atom. The van der Waals surface area contributed by atoms with Crippen molar-refractivity contribution in [3.63, 3.8) is 0 Å². The number of aromatic nitrogens is 1. The monoisotopic (exact) mass is 399 g/mol. The van der Waals surface area contributed by atoms with Crippen LogP contribution in [0, 0.1) is 25.2 Å². The van der Waals surface area contributed by atoms with Gasteiger partial charge in [-0.3, -0.25) is 4.79 Å². The second-order valence-corrected chi connectivity index (χ2v) is 7.04. The van der Waals surface area contributed by atoms with Crippen LogP contribution in [0.3, 0.4) is 0 Å². The summed E-state index contributed by atoms with van der Waals surface area (Å²) in [6, 6.07) is 20.5. The first-order valence-corrected chi connectivity index (χ1v) is 9.94. The summed E-state index contributed by atoms with van der Waals surface area (Å²) in [6.07, 6.45) is 2.67. The summed E-state index contributed by atoms with van der Waals surface area (Å²) in [5, 5.41) is 12.3. The lowest BCUT2D eigenvalue weighted by Gasteiger charge is -2.08. The lowest BCUT2D eigenvalue weighted by Crippen LogP contribution is -2.13. The highest BCUT2D eigenvalue weighted by molar-refractivity contribution is 6.09. The van der Waals surface area contributed by atoms with Crippen molar-refractivity contribution in [1.82, 2.24) is 4.57 Å². The minimum absolute atomic E-state index is 0.0661. The zero-order valence-electron chi connectivity index (χ0n) is 17.5. The number of nitrogens with one attached hydrogen (secondary N) is 1. The first kappa shape index (κ1) is 20.9. The molecule has 1 heterocycles. The molecule has 0 saturated heterocycles. The molecule has 0 aliphatic rings. The van der Waals surface area contributed by atoms with Crippen LogP contribution >= 0.6 is 0 Å². The van der Waals surface area contributed by atoms with Gasteiger partial charge in [-0.05, 0) is 74.4 Å². The smallest absolute Gasteiger partial charge is 0.266 e. The van der Waals surface area contributed by atoms with Crippen molar-refractivity contribution in [2.24, 2.45) is 0 Å². The molecule has 0 aliphatic carbocycles. The topological polar surface area (TPSA) is 67.0 Å². The third-order valence-corrected chi connectivity index (χ3v) is 4.82. The van der Waals surface area contributed by atoms with E-state index in [9.17, 15) is 10.1 Å². The van der Waals surface area contributed by atoms with Crippen molar-refractivity contribution < 1.29 is 9.53 Å². The van der Waals surface area contributed by atoms with Crippen LogP contribution < -0.4 is 10.1 Å². The molecule has 1 N–H and O–H groups in total. The first-order valence-electron chi connectivity index (χ1n) is 9.94. The van der Waals surface area contributed by atoms with Gasteiger partial charge >= 0.3 is 0 Å². The number of rotatable bonds is 7. The molecule has 0 bridgehead atoms. The number of carbonyl (C=O) groups is 1. The number of hydrogen-bond donors (Lipinski definition) is 1. The van der Waals surface area contributed by atoms with E-state index in [4.69, 9.17) is 4.74 Å². The lowest BCUT2D eigenvalue weighted by atomic mass is 10.1. The zero-order chi connectivity index (χ0) is 21.5. The molecule has 0 aliphatic heterocycles. The van der Waals surface area contributed by atoms with Gasteiger partial charge in [-0.2, -0.15) is 5.26 Å². The van der Waals surface area contributed by atoms with E-state index >= 15 is 0 Å². The molecule has 152 valence electrons. The first-order chi connectivity index (χ1) is 14.5. The average Bonchev–Trinajstić information content (AvgIpc) is 3.01. The Hall–Kier alpha value is -3.78. The summed E-state index contributed by atoms with van der Waals surface area (Å²) in [7, 11) is 0. The van der Waals surface area contributed by atoms with Crippen molar-refractivity contribution in [2.45, 2.75) is 33.7 Å². The van der Waals surface area contributed by atoms with Crippen LogP contribution in [0.4, 0.5) is 5.69 Å². The number of nitrogens with zero attached hydrogens (tertiary/aromatic N) is 2. The van der Waals surface area contributed by atoms with Gasteiger partial charge in [-0.1, -0.05) is 25.1 Å². The highest BCUT2D eigenvalue weighted by Gasteiger charge is 2.13. The molecule has 30 heavy (non-hydrogen) atoms. The Labute approximate surface area is 177 Å². The number of hydrogen-bond acceptors (Lipinski definition) is 3. The molecule has 5 heteroatoms. The summed E-state index contributed by atoms with van der Waals surface area (Å²) in [5.41, 5.74) is 3.72. The van der Waals surface area contributed by atoms with Crippen molar-refractivity contribution >= 4 is 17.7 Å². The van der Waals surface area contributed by atoms with Crippen LogP contribution in [-0.4, -0.2) is 10.5 Å². The summed E-state index contributed by atoms with van der Waals surface area (Å²) in [4.78, 5) is 12.6. The summed E-state index contributed by atoms with van der Waals surface area (Å²) >= 11 is 0. The van der Waals surface area contributed by atoms with Crippen LogP contribution in [0.2, 0.25) is 0 Å². The third kappa shape index (κ3) is 4.98. The fourth-order valence-electron chi connectivity index (χ4n) is 3.28. The molecule has 3 aromatic rings. The number of anilines is 1. The van der Waals surface area contributed by atoms with Gasteiger partial charge in [0.1, 0.15) is 23.1 Å². The molecule has 5 nitrogen and oxygen atoms in total. The fourth-order valence-corrected chi connectivity index (χ4v) is 3.28. The van der Waals surface area contributed by atoms with Crippen molar-refractivity contribution in [1.29, 1.82) is 5.26 Å². The van der Waals surface area contributed by atoms with Crippen LogP contribution in [0.25, 0.3) is 6.08 Å². The minimum Gasteiger partial charge on any atom is -0.457 e. The molecular weight excluding hydrogens is 374 g/mol. The molecule has 1 amide bonds. The van der Waals surface area contributed by atoms with Crippen LogP contribution in [0.1, 0.15) is 30.3 Å². The van der Waals surface area contributed by atoms with Crippen molar-refractivity contribution in [3.8, 4) is 17.6 Å². The Morgan fingerprint density at radius 2 is 1.77 bits per heavy atom. The lowest BCUT2D eigenvalue weighted by molar-refractivity contribution is -0.112. The van der Waals surface area contributed by atoms with Gasteiger partial charge in [-0.25, -0.2) is 0 Å². The largest absolute Gasteiger partial charge is 0.457 e. The van der Waals surface area contributed by atoms with Gasteiger partial charge in [0, 0.05) is 23.6 Å². The standard InChI is InChI=1S/C25H25N3O2/c1-4-14-28-18(2)15-20(19(28)3)16-21(17-26)25(29)27-22-10-12-24(13-11-22)30-23-8-6-5-7-9-23/h5-13,15-16H,4,14H2,1-3H3,(H,27,29)/b21-16+. The van der Waals surface area contributed by atoms with E-state index in [1.807, 2.05) is 56.3 Å². The number of amides is 1. The second kappa shape index (κ2) is 9.62. The van der Waals surface area contributed by atoms with Gasteiger partial charge in [0.15, 0.2) is 0 Å². The predicted molar refractivity (Wildman–Crippen MR) is 119 cm³/mol. The maximum atomic E-state index is 12.6. The number of carbonyl (C=O) groups excluding carboxylic acids is 1. The predicted octanol–water partition coefficient (Wildman–Crippen LogP) is 5.85. The Bertz CT molecular complexity index is 1090. The van der Waals surface area contributed by atoms with Crippen molar-refractivity contribution in [2.75, 3.05) is 5.32 Å². The molecule has 3 rings (SSSR count). The van der Waals surface area contributed by atoms with E-state index in [0.29, 0.717) is 11.4 Å². The number of para-hydroxylation sites is 1. The molecule has 0 saturated carbocycles. The van der Waals surface area contributed by atoms with E-state index < -0.39 is 5.91 Å². The zero-order valence-corrected chi connectivity index (χ0v) is 17.5. The van der Waals surface area contributed by atoms with E-state index in [0.717, 1.165) is 35.7 Å². The van der Waals surface area contributed by atoms with E-state index in [2.05, 4.69) is 16.8 Å². The molecule has 0 spiro atoms. The van der Waals surface area contributed by atoms with Crippen LogP contribution in [0.5, 0.6) is 11.5 Å². The average molecular weight is 399 g/mol. The SMILES string of the molecule is CCCn1c(C)cc(/C=C(\C#N)C(=O)Nc2ccc(Oc3ccccc3)cc2)c1C. The van der Waals surface area contributed by atoms with Gasteiger partial charge in [0.05, 0.1) is 0 Å². The van der Waals surface area contributed by atoms with Crippen LogP contribution in [-0.2, 0) is 11.3 Å². The fraction of sp³-hybridized carbons (Fsp3) is 0.200. The number of benzene rings is 2. The highest BCUT2D eigenvalue weighted by Crippen LogP contribution is 2.23. The maximum absolute atomic E-state index is 12.6. The van der Waals surface area contributed by atoms with Crippen LogP contribution in [0.15, 0.2) is 66.2 Å². The number of nitriles is 1. The Kier molecular flexibility index (Phi) is 6.71. The summed E-state index contributed by atoms with van der Waals surface area (Å²) < 4.78 is 7.95. The van der Waals surface area contributed by atoms with E-state index in [1.165, 1.54) is 0 Å². The summed E-state index contributed by atoms with van der Waals surface area (Å²) in [5.74, 6) is 0.970. The van der Waals surface area contributed by atoms with Gasteiger partial charge in [0.25, 0.3) is 5.91 Å². The van der Waals surface area contributed by atoms with E-state index in [-0.39, 0.29) is 5.57 Å². The maximum Gasteiger partial charge on any atom is 0.266 e. The van der Waals surface area contributed by atoms with Gasteiger partial charge in [-0.15, -0.1) is 0 Å². The second-order valence-electron chi connectivity index (χ2n) is 7.04. The molecule has 0 fully saturated rings. The Morgan fingerprint density at radius 1 is 1.10 bits per heavy atom. The number of aryl methyl sites for hydroxylation is 1. The molecule has 0 radical (unpaired) electrons. The molecule has 0 unspecified atom stereocenters. The quantitative estimate of drug-likeness (QED) is 0.400. The Balaban J connectivity index is 1.72. The molecule has 0 atom stereocenters. The molecule has 1 aromatic heterocycles. The summed E-state index contributed by atoms with van der Waals surface area (Å²) in [6.45, 7) is 7.08. The molecular formula is C25H25N3O2. The van der Waals surface area contributed by atoms with Gasteiger partial charge < -0.3 is 14.6 Å². The highest BCUT2D eigenvalue weighted by atomic mass is 16.5. The van der Waals surface area contributed by atoms with Crippen molar-refractivity contribution in [3.05, 3.63) is 83.2 Å². The third-order valence-electron chi connectivity index (χ3n) is 4.82.